The maximum atomic E-state index is 12.6. The van der Waals surface area contributed by atoms with Crippen molar-refractivity contribution in [3.8, 4) is 0 Å². The van der Waals surface area contributed by atoms with Gasteiger partial charge in [-0.15, -0.1) is 0 Å². The maximum Gasteiger partial charge on any atom is 0.261 e. The summed E-state index contributed by atoms with van der Waals surface area (Å²) in [6.45, 7) is 5.55. The van der Waals surface area contributed by atoms with Gasteiger partial charge in [0.2, 0.25) is 0 Å². The van der Waals surface area contributed by atoms with Crippen molar-refractivity contribution >= 4 is 11.8 Å². The second-order valence-electron chi connectivity index (χ2n) is 4.67. The van der Waals surface area contributed by atoms with Crippen LogP contribution >= 0.6 is 0 Å². The fourth-order valence-electron chi connectivity index (χ4n) is 2.04. The van der Waals surface area contributed by atoms with Gasteiger partial charge in [0.05, 0.1) is 0 Å². The summed E-state index contributed by atoms with van der Waals surface area (Å²) in [7, 11) is 0. The summed E-state index contributed by atoms with van der Waals surface area (Å²) in [4.78, 5) is 26.4. The van der Waals surface area contributed by atoms with E-state index < -0.39 is 0 Å². The van der Waals surface area contributed by atoms with Gasteiger partial charge in [-0.3, -0.25) is 14.5 Å². The van der Waals surface area contributed by atoms with E-state index in [2.05, 4.69) is 6.58 Å². The fourth-order valence-corrected chi connectivity index (χ4v) is 2.04. The molecule has 1 aliphatic rings. The van der Waals surface area contributed by atoms with Gasteiger partial charge in [0, 0.05) is 17.7 Å². The van der Waals surface area contributed by atoms with Crippen molar-refractivity contribution in [1.82, 2.24) is 4.90 Å². The van der Waals surface area contributed by atoms with Crippen molar-refractivity contribution in [2.24, 2.45) is 5.73 Å². The van der Waals surface area contributed by atoms with E-state index in [4.69, 9.17) is 5.73 Å². The topological polar surface area (TPSA) is 63.4 Å². The van der Waals surface area contributed by atoms with E-state index in [1.165, 1.54) is 17.2 Å². The standard InChI is InChI=1S/C18H22N2O2/c1-3-9-15(10-4-2)17(21)20(14-8-13-19)18(22)16-11-6-5-7-12-16/h3-6,8-11,13H,1,7,12,14,19H2,2H3/b10-4-,13-8+,15-9+. The highest BCUT2D eigenvalue weighted by atomic mass is 16.2. The van der Waals surface area contributed by atoms with Crippen LogP contribution in [0, 0.1) is 0 Å². The molecule has 0 unspecified atom stereocenters. The minimum atomic E-state index is -0.364. The Morgan fingerprint density at radius 3 is 2.77 bits per heavy atom. The van der Waals surface area contributed by atoms with Gasteiger partial charge in [0.15, 0.2) is 0 Å². The molecular formula is C18H22N2O2. The van der Waals surface area contributed by atoms with Crippen molar-refractivity contribution < 1.29 is 9.59 Å². The quantitative estimate of drug-likeness (QED) is 0.606. The predicted octanol–water partition coefficient (Wildman–Crippen LogP) is 2.78. The van der Waals surface area contributed by atoms with Gasteiger partial charge in [0.25, 0.3) is 11.8 Å². The van der Waals surface area contributed by atoms with E-state index in [9.17, 15) is 9.59 Å². The maximum absolute atomic E-state index is 12.6. The average molecular weight is 298 g/mol. The van der Waals surface area contributed by atoms with Gasteiger partial charge in [-0.25, -0.2) is 0 Å². The summed E-state index contributed by atoms with van der Waals surface area (Å²) in [6.07, 6.45) is 16.4. The molecule has 116 valence electrons. The van der Waals surface area contributed by atoms with Gasteiger partial charge in [0.1, 0.15) is 0 Å². The number of allylic oxidation sites excluding steroid dienone is 6. The molecular weight excluding hydrogens is 276 g/mol. The van der Waals surface area contributed by atoms with Crippen molar-refractivity contribution in [2.75, 3.05) is 6.54 Å². The summed E-state index contributed by atoms with van der Waals surface area (Å²) in [6, 6.07) is 0. The lowest BCUT2D eigenvalue weighted by molar-refractivity contribution is -0.139. The third-order valence-electron chi connectivity index (χ3n) is 3.09. The summed E-state index contributed by atoms with van der Waals surface area (Å²) in [5.41, 5.74) is 6.38. The molecule has 0 aromatic rings. The molecule has 1 aliphatic carbocycles. The molecule has 4 heteroatoms. The van der Waals surface area contributed by atoms with Crippen molar-refractivity contribution in [3.05, 3.63) is 72.5 Å². The average Bonchev–Trinajstić information content (AvgIpc) is 2.55. The highest BCUT2D eigenvalue weighted by Crippen LogP contribution is 2.17. The van der Waals surface area contributed by atoms with Crippen molar-refractivity contribution in [2.45, 2.75) is 19.8 Å². The number of hydrogen-bond acceptors (Lipinski definition) is 3. The normalized spacial score (nSPS) is 15.1. The summed E-state index contributed by atoms with van der Waals surface area (Å²) in [5, 5.41) is 0. The van der Waals surface area contributed by atoms with E-state index in [0.29, 0.717) is 17.6 Å². The van der Waals surface area contributed by atoms with Crippen molar-refractivity contribution in [1.29, 1.82) is 0 Å². The molecule has 0 aromatic carbocycles. The summed E-state index contributed by atoms with van der Waals surface area (Å²) in [5.74, 6) is -0.650. The molecule has 0 bridgehead atoms. The van der Waals surface area contributed by atoms with Crippen LogP contribution in [0.1, 0.15) is 19.8 Å². The lowest BCUT2D eigenvalue weighted by Crippen LogP contribution is -2.39. The van der Waals surface area contributed by atoms with Gasteiger partial charge >= 0.3 is 0 Å². The van der Waals surface area contributed by atoms with Gasteiger partial charge in [-0.1, -0.05) is 49.1 Å². The number of hydrogen-bond donors (Lipinski definition) is 1. The first kappa shape index (κ1) is 17.4. The molecule has 4 nitrogen and oxygen atoms in total. The molecule has 0 atom stereocenters. The third kappa shape index (κ3) is 4.74. The van der Waals surface area contributed by atoms with E-state index in [0.717, 1.165) is 6.42 Å². The van der Waals surface area contributed by atoms with E-state index in [1.807, 2.05) is 19.1 Å². The van der Waals surface area contributed by atoms with E-state index >= 15 is 0 Å². The van der Waals surface area contributed by atoms with Crippen LogP contribution in [0.4, 0.5) is 0 Å². The number of imide groups is 1. The second-order valence-corrected chi connectivity index (χ2v) is 4.67. The highest BCUT2D eigenvalue weighted by Gasteiger charge is 2.25. The second kappa shape index (κ2) is 9.34. The van der Waals surface area contributed by atoms with Crippen LogP contribution in [0.15, 0.2) is 72.5 Å². The molecule has 1 rings (SSSR count). The van der Waals surface area contributed by atoms with Crippen LogP contribution in [-0.4, -0.2) is 23.3 Å². The predicted molar refractivity (Wildman–Crippen MR) is 89.6 cm³/mol. The third-order valence-corrected chi connectivity index (χ3v) is 3.09. The zero-order valence-electron chi connectivity index (χ0n) is 12.9. The first-order chi connectivity index (χ1) is 10.7. The van der Waals surface area contributed by atoms with Gasteiger partial charge in [-0.2, -0.15) is 0 Å². The van der Waals surface area contributed by atoms with Gasteiger partial charge < -0.3 is 5.73 Å². The number of rotatable bonds is 6. The zero-order chi connectivity index (χ0) is 16.4. The van der Waals surface area contributed by atoms with Gasteiger partial charge in [-0.05, 0) is 32.0 Å². The molecule has 0 fully saturated rings. The minimum Gasteiger partial charge on any atom is -0.405 e. The molecule has 0 spiro atoms. The Labute approximate surface area is 131 Å². The molecule has 22 heavy (non-hydrogen) atoms. The Morgan fingerprint density at radius 1 is 1.45 bits per heavy atom. The molecule has 0 aliphatic heterocycles. The molecule has 0 heterocycles. The molecule has 0 aromatic heterocycles. The lowest BCUT2D eigenvalue weighted by atomic mass is 10.0. The Hall–Kier alpha value is -2.62. The Kier molecular flexibility index (Phi) is 7.40. The van der Waals surface area contributed by atoms with E-state index in [-0.39, 0.29) is 18.4 Å². The molecule has 0 radical (unpaired) electrons. The van der Waals surface area contributed by atoms with E-state index in [1.54, 1.807) is 30.4 Å². The zero-order valence-corrected chi connectivity index (χ0v) is 12.9. The van der Waals surface area contributed by atoms with Crippen LogP contribution in [-0.2, 0) is 9.59 Å². The Bertz CT molecular complexity index is 578. The monoisotopic (exact) mass is 298 g/mol. The smallest absolute Gasteiger partial charge is 0.261 e. The SMILES string of the molecule is C=C/C=C(\C=C/C)C(=O)N(C/C=C/N)C(=O)C1=CC=CCC1. The number of amides is 2. The minimum absolute atomic E-state index is 0.140. The molecule has 0 saturated carbocycles. The molecule has 0 saturated heterocycles. The van der Waals surface area contributed by atoms with Crippen LogP contribution in [0.2, 0.25) is 0 Å². The lowest BCUT2D eigenvalue weighted by Gasteiger charge is -2.22. The Balaban J connectivity index is 3.10. The Morgan fingerprint density at radius 2 is 2.23 bits per heavy atom. The van der Waals surface area contributed by atoms with Crippen LogP contribution in [0.25, 0.3) is 0 Å². The first-order valence-electron chi connectivity index (χ1n) is 7.19. The number of nitrogens with zero attached hydrogens (tertiary/aromatic N) is 1. The number of carbonyl (C=O) groups excluding carboxylic acids is 2. The highest BCUT2D eigenvalue weighted by molar-refractivity contribution is 6.11. The molecule has 2 amide bonds. The summed E-state index contributed by atoms with van der Waals surface area (Å²) >= 11 is 0. The van der Waals surface area contributed by atoms with Crippen LogP contribution in [0.3, 0.4) is 0 Å². The first-order valence-corrected chi connectivity index (χ1v) is 7.19. The van der Waals surface area contributed by atoms with Crippen LogP contribution < -0.4 is 5.73 Å². The molecule has 2 N–H and O–H groups in total. The summed E-state index contributed by atoms with van der Waals surface area (Å²) < 4.78 is 0. The van der Waals surface area contributed by atoms with Crippen molar-refractivity contribution in [3.63, 3.8) is 0 Å². The van der Waals surface area contributed by atoms with Crippen LogP contribution in [0.5, 0.6) is 0 Å². The number of carbonyl (C=O) groups is 2. The largest absolute Gasteiger partial charge is 0.405 e. The number of nitrogens with two attached hydrogens (primary N) is 1. The fraction of sp³-hybridized carbons (Fsp3) is 0.222.